The maximum Gasteiger partial charge on any atom is 0.416 e. The van der Waals surface area contributed by atoms with Crippen LogP contribution in [-0.4, -0.2) is 10.9 Å². The van der Waals surface area contributed by atoms with E-state index in [1.54, 1.807) is 0 Å². The van der Waals surface area contributed by atoms with E-state index in [1.807, 2.05) is 0 Å². The Hall–Kier alpha value is -2.90. The van der Waals surface area contributed by atoms with E-state index in [2.05, 4.69) is 0 Å². The standard InChI is InChI=1S/C16H12F3NO4/c1-10-13(6-3-7-14(10)20(22)23)15(21)24-9-11-4-2-5-12(8-11)16(17,18)19/h2-8H,9H2,1H3. The molecule has 24 heavy (non-hydrogen) atoms. The number of esters is 1. The van der Waals surface area contributed by atoms with Crippen LogP contribution in [0.25, 0.3) is 0 Å². The molecule has 0 aliphatic carbocycles. The number of hydrogen-bond acceptors (Lipinski definition) is 4. The van der Waals surface area contributed by atoms with Crippen molar-refractivity contribution in [3.8, 4) is 0 Å². The SMILES string of the molecule is Cc1c(C(=O)OCc2cccc(C(F)(F)F)c2)cccc1[N+](=O)[O-]. The minimum absolute atomic E-state index is 0.00354. The smallest absolute Gasteiger partial charge is 0.416 e. The van der Waals surface area contributed by atoms with Crippen LogP contribution < -0.4 is 0 Å². The molecule has 0 fully saturated rings. The number of carbonyl (C=O) groups excluding carboxylic acids is 1. The molecule has 0 bridgehead atoms. The van der Waals surface area contributed by atoms with E-state index < -0.39 is 22.6 Å². The minimum atomic E-state index is -4.49. The van der Waals surface area contributed by atoms with Gasteiger partial charge in [0.1, 0.15) is 6.61 Å². The number of hydrogen-bond donors (Lipinski definition) is 0. The van der Waals surface area contributed by atoms with Gasteiger partial charge in [0, 0.05) is 11.6 Å². The van der Waals surface area contributed by atoms with E-state index in [-0.39, 0.29) is 29.0 Å². The molecular formula is C16H12F3NO4. The van der Waals surface area contributed by atoms with Crippen LogP contribution in [0, 0.1) is 17.0 Å². The fraction of sp³-hybridized carbons (Fsp3) is 0.188. The Morgan fingerprint density at radius 3 is 2.50 bits per heavy atom. The van der Waals surface area contributed by atoms with Gasteiger partial charge in [0.2, 0.25) is 0 Å². The lowest BCUT2D eigenvalue weighted by Gasteiger charge is -2.10. The zero-order chi connectivity index (χ0) is 17.9. The van der Waals surface area contributed by atoms with Crippen LogP contribution in [-0.2, 0) is 17.5 Å². The lowest BCUT2D eigenvalue weighted by Crippen LogP contribution is -2.09. The third-order valence-corrected chi connectivity index (χ3v) is 3.35. The summed E-state index contributed by atoms with van der Waals surface area (Å²) in [4.78, 5) is 22.3. The lowest BCUT2D eigenvalue weighted by atomic mass is 10.1. The van der Waals surface area contributed by atoms with Crippen molar-refractivity contribution in [3.63, 3.8) is 0 Å². The number of halogens is 3. The molecule has 5 nitrogen and oxygen atoms in total. The van der Waals surface area contributed by atoms with Gasteiger partial charge in [0.15, 0.2) is 0 Å². The summed E-state index contributed by atoms with van der Waals surface area (Å²) in [6, 6.07) is 8.35. The molecule has 0 radical (unpaired) electrons. The second-order valence-electron chi connectivity index (χ2n) is 4.98. The molecule has 0 aliphatic heterocycles. The van der Waals surface area contributed by atoms with Gasteiger partial charge in [-0.1, -0.05) is 18.2 Å². The zero-order valence-corrected chi connectivity index (χ0v) is 12.5. The number of rotatable bonds is 4. The van der Waals surface area contributed by atoms with Crippen LogP contribution in [0.3, 0.4) is 0 Å². The van der Waals surface area contributed by atoms with Gasteiger partial charge < -0.3 is 4.74 Å². The molecule has 0 N–H and O–H groups in total. The average Bonchev–Trinajstić information content (AvgIpc) is 2.52. The monoisotopic (exact) mass is 339 g/mol. The Kier molecular flexibility index (Phi) is 4.87. The molecule has 0 saturated carbocycles. The van der Waals surface area contributed by atoms with Gasteiger partial charge in [-0.15, -0.1) is 0 Å². The van der Waals surface area contributed by atoms with Crippen molar-refractivity contribution in [2.75, 3.05) is 0 Å². The Morgan fingerprint density at radius 1 is 1.21 bits per heavy atom. The molecule has 2 rings (SSSR count). The van der Waals surface area contributed by atoms with E-state index in [9.17, 15) is 28.1 Å². The van der Waals surface area contributed by atoms with E-state index in [1.165, 1.54) is 37.3 Å². The largest absolute Gasteiger partial charge is 0.457 e. The first-order valence-corrected chi connectivity index (χ1v) is 6.77. The molecule has 0 aromatic heterocycles. The molecule has 8 heteroatoms. The number of nitrogens with zero attached hydrogens (tertiary/aromatic N) is 1. The van der Waals surface area contributed by atoms with Gasteiger partial charge in [0.05, 0.1) is 16.1 Å². The van der Waals surface area contributed by atoms with Crippen LogP contribution in [0.1, 0.15) is 27.0 Å². The van der Waals surface area contributed by atoms with Crippen LogP contribution in [0.2, 0.25) is 0 Å². The Labute approximate surface area is 134 Å². The number of benzene rings is 2. The second-order valence-corrected chi connectivity index (χ2v) is 4.98. The molecule has 0 spiro atoms. The highest BCUT2D eigenvalue weighted by molar-refractivity contribution is 5.92. The Morgan fingerprint density at radius 2 is 1.88 bits per heavy atom. The minimum Gasteiger partial charge on any atom is -0.457 e. The highest BCUT2D eigenvalue weighted by Gasteiger charge is 2.30. The molecule has 2 aromatic carbocycles. The van der Waals surface area contributed by atoms with Crippen molar-refractivity contribution in [1.29, 1.82) is 0 Å². The Balaban J connectivity index is 2.15. The summed E-state index contributed by atoms with van der Waals surface area (Å²) >= 11 is 0. The first kappa shape index (κ1) is 17.5. The molecule has 0 heterocycles. The van der Waals surface area contributed by atoms with Gasteiger partial charge in [-0.25, -0.2) is 4.79 Å². The van der Waals surface area contributed by atoms with Crippen LogP contribution in [0.15, 0.2) is 42.5 Å². The topological polar surface area (TPSA) is 69.4 Å². The molecule has 0 atom stereocenters. The highest BCUT2D eigenvalue weighted by Crippen LogP contribution is 2.29. The molecule has 0 aliphatic rings. The molecule has 2 aromatic rings. The maximum absolute atomic E-state index is 12.6. The summed E-state index contributed by atoms with van der Waals surface area (Å²) < 4.78 is 42.9. The quantitative estimate of drug-likeness (QED) is 0.474. The summed E-state index contributed by atoms with van der Waals surface area (Å²) in [5.41, 5.74) is -0.778. The molecule has 0 amide bonds. The first-order valence-electron chi connectivity index (χ1n) is 6.77. The zero-order valence-electron chi connectivity index (χ0n) is 12.5. The van der Waals surface area contributed by atoms with E-state index in [0.29, 0.717) is 0 Å². The van der Waals surface area contributed by atoms with Crippen molar-refractivity contribution in [2.24, 2.45) is 0 Å². The maximum atomic E-state index is 12.6. The van der Waals surface area contributed by atoms with Crippen molar-refractivity contribution in [3.05, 3.63) is 74.8 Å². The molecule has 0 saturated heterocycles. The summed E-state index contributed by atoms with van der Waals surface area (Å²) in [5.74, 6) is -0.839. The Bertz CT molecular complexity index is 787. The van der Waals surface area contributed by atoms with Gasteiger partial charge in [0.25, 0.3) is 5.69 Å². The predicted octanol–water partition coefficient (Wildman–Crippen LogP) is 4.28. The average molecular weight is 339 g/mol. The lowest BCUT2D eigenvalue weighted by molar-refractivity contribution is -0.385. The van der Waals surface area contributed by atoms with E-state index in [4.69, 9.17) is 4.74 Å². The number of nitro groups is 1. The van der Waals surface area contributed by atoms with Gasteiger partial charge in [-0.2, -0.15) is 13.2 Å². The van der Waals surface area contributed by atoms with Crippen molar-refractivity contribution >= 4 is 11.7 Å². The van der Waals surface area contributed by atoms with Crippen molar-refractivity contribution < 1.29 is 27.6 Å². The number of nitro benzene ring substituents is 1. The third-order valence-electron chi connectivity index (χ3n) is 3.35. The summed E-state index contributed by atoms with van der Waals surface area (Å²) in [6.45, 7) is 1.03. The third kappa shape index (κ3) is 3.89. The number of alkyl halides is 3. The fourth-order valence-electron chi connectivity index (χ4n) is 2.11. The van der Waals surface area contributed by atoms with Crippen LogP contribution in [0.5, 0.6) is 0 Å². The van der Waals surface area contributed by atoms with Crippen molar-refractivity contribution in [1.82, 2.24) is 0 Å². The van der Waals surface area contributed by atoms with E-state index in [0.717, 1.165) is 12.1 Å². The van der Waals surface area contributed by atoms with Gasteiger partial charge >= 0.3 is 12.1 Å². The number of carbonyl (C=O) groups is 1. The summed E-state index contributed by atoms with van der Waals surface area (Å²) in [7, 11) is 0. The van der Waals surface area contributed by atoms with Crippen molar-refractivity contribution in [2.45, 2.75) is 19.7 Å². The van der Waals surface area contributed by atoms with E-state index >= 15 is 0 Å². The van der Waals surface area contributed by atoms with Crippen LogP contribution >= 0.6 is 0 Å². The summed E-state index contributed by atoms with van der Waals surface area (Å²) in [6.07, 6.45) is -4.49. The highest BCUT2D eigenvalue weighted by atomic mass is 19.4. The van der Waals surface area contributed by atoms with Gasteiger partial charge in [-0.05, 0) is 30.7 Å². The fourth-order valence-corrected chi connectivity index (χ4v) is 2.11. The first-order chi connectivity index (χ1) is 11.2. The second kappa shape index (κ2) is 6.69. The molecule has 126 valence electrons. The molecular weight excluding hydrogens is 327 g/mol. The predicted molar refractivity (Wildman–Crippen MR) is 78.4 cm³/mol. The normalized spacial score (nSPS) is 11.2. The molecule has 0 unspecified atom stereocenters. The number of ether oxygens (including phenoxy) is 1. The van der Waals surface area contributed by atoms with Crippen LogP contribution in [0.4, 0.5) is 18.9 Å². The van der Waals surface area contributed by atoms with Gasteiger partial charge in [-0.3, -0.25) is 10.1 Å². The summed E-state index contributed by atoms with van der Waals surface area (Å²) in [5, 5.41) is 10.9.